The van der Waals surface area contributed by atoms with Gasteiger partial charge in [-0.05, 0) is 12.5 Å². The number of aromatic nitrogens is 2. The van der Waals surface area contributed by atoms with E-state index in [0.29, 0.717) is 12.3 Å². The maximum Gasteiger partial charge on any atom is 0.356 e. The molecule has 0 atom stereocenters. The van der Waals surface area contributed by atoms with E-state index in [-0.39, 0.29) is 5.97 Å². The SMILES string of the molecule is CCOC(=O)c1cnc(SCc2ccccc2)[nH]1. The Morgan fingerprint density at radius 3 is 2.89 bits per heavy atom. The number of carbonyl (C=O) groups is 1. The Hall–Kier alpha value is -1.75. The number of ether oxygens (including phenoxy) is 1. The summed E-state index contributed by atoms with van der Waals surface area (Å²) in [5, 5.41) is 0.724. The number of esters is 1. The highest BCUT2D eigenvalue weighted by molar-refractivity contribution is 7.98. The van der Waals surface area contributed by atoms with Crippen molar-refractivity contribution in [3.63, 3.8) is 0 Å². The molecule has 0 aliphatic rings. The molecule has 2 rings (SSSR count). The van der Waals surface area contributed by atoms with Gasteiger partial charge in [0.15, 0.2) is 5.16 Å². The number of thioether (sulfide) groups is 1. The zero-order valence-corrected chi connectivity index (χ0v) is 10.9. The molecule has 0 bridgehead atoms. The number of aromatic amines is 1. The fourth-order valence-electron chi connectivity index (χ4n) is 1.41. The van der Waals surface area contributed by atoms with Crippen molar-refractivity contribution in [3.05, 3.63) is 47.8 Å². The molecule has 0 saturated heterocycles. The van der Waals surface area contributed by atoms with E-state index < -0.39 is 0 Å². The third-order valence-corrected chi connectivity index (χ3v) is 3.22. The molecular formula is C13H14N2O2S. The molecule has 0 fully saturated rings. The third-order valence-electron chi connectivity index (χ3n) is 2.27. The van der Waals surface area contributed by atoms with Gasteiger partial charge < -0.3 is 9.72 Å². The lowest BCUT2D eigenvalue weighted by Gasteiger charge is -1.99. The van der Waals surface area contributed by atoms with Crippen molar-refractivity contribution < 1.29 is 9.53 Å². The van der Waals surface area contributed by atoms with Gasteiger partial charge in [-0.2, -0.15) is 0 Å². The average Bonchev–Trinajstić information content (AvgIpc) is 2.87. The lowest BCUT2D eigenvalue weighted by Crippen LogP contribution is -2.04. The Morgan fingerprint density at radius 2 is 2.17 bits per heavy atom. The van der Waals surface area contributed by atoms with Crippen LogP contribution in [0.3, 0.4) is 0 Å². The maximum absolute atomic E-state index is 11.4. The molecule has 0 unspecified atom stereocenters. The summed E-state index contributed by atoms with van der Waals surface area (Å²) in [6.07, 6.45) is 1.51. The molecule has 1 aromatic heterocycles. The number of nitrogens with zero attached hydrogens (tertiary/aromatic N) is 1. The van der Waals surface area contributed by atoms with Crippen LogP contribution in [0.2, 0.25) is 0 Å². The van der Waals surface area contributed by atoms with Crippen molar-refractivity contribution in [1.29, 1.82) is 0 Å². The molecule has 0 radical (unpaired) electrons. The Labute approximate surface area is 110 Å². The van der Waals surface area contributed by atoms with E-state index in [2.05, 4.69) is 22.1 Å². The molecule has 0 aliphatic heterocycles. The molecule has 94 valence electrons. The van der Waals surface area contributed by atoms with E-state index in [9.17, 15) is 4.79 Å². The second-order valence-corrected chi connectivity index (χ2v) is 4.56. The predicted molar refractivity (Wildman–Crippen MR) is 70.5 cm³/mol. The molecule has 2 aromatic rings. The number of hydrogen-bond acceptors (Lipinski definition) is 4. The normalized spacial score (nSPS) is 10.3. The number of carbonyl (C=O) groups excluding carboxylic acids is 1. The molecule has 1 heterocycles. The average molecular weight is 262 g/mol. The summed E-state index contributed by atoms with van der Waals surface area (Å²) in [6, 6.07) is 10.1. The zero-order valence-electron chi connectivity index (χ0n) is 10.1. The minimum absolute atomic E-state index is 0.364. The van der Waals surface area contributed by atoms with Crippen molar-refractivity contribution >= 4 is 17.7 Å². The molecule has 0 amide bonds. The van der Waals surface area contributed by atoms with Crippen molar-refractivity contribution in [1.82, 2.24) is 9.97 Å². The van der Waals surface area contributed by atoms with Crippen LogP contribution in [0.15, 0.2) is 41.7 Å². The summed E-state index contributed by atoms with van der Waals surface area (Å²) in [4.78, 5) is 18.5. The molecule has 0 aliphatic carbocycles. The molecule has 0 spiro atoms. The van der Waals surface area contributed by atoms with Crippen LogP contribution in [0.25, 0.3) is 0 Å². The summed E-state index contributed by atoms with van der Waals surface area (Å²) in [6.45, 7) is 2.14. The van der Waals surface area contributed by atoms with Crippen molar-refractivity contribution in [3.8, 4) is 0 Å². The summed E-state index contributed by atoms with van der Waals surface area (Å²) in [7, 11) is 0. The van der Waals surface area contributed by atoms with Gasteiger partial charge >= 0.3 is 5.97 Å². The van der Waals surface area contributed by atoms with Gasteiger partial charge in [0.1, 0.15) is 5.69 Å². The van der Waals surface area contributed by atoms with Crippen LogP contribution >= 0.6 is 11.8 Å². The van der Waals surface area contributed by atoms with Gasteiger partial charge in [0.2, 0.25) is 0 Å². The van der Waals surface area contributed by atoms with E-state index in [1.54, 1.807) is 18.7 Å². The fraction of sp³-hybridized carbons (Fsp3) is 0.231. The van der Waals surface area contributed by atoms with Gasteiger partial charge in [-0.1, -0.05) is 42.1 Å². The Kier molecular flexibility index (Phi) is 4.41. The van der Waals surface area contributed by atoms with E-state index in [1.807, 2.05) is 18.2 Å². The Bertz CT molecular complexity index is 511. The number of hydrogen-bond donors (Lipinski definition) is 1. The highest BCUT2D eigenvalue weighted by Gasteiger charge is 2.10. The van der Waals surface area contributed by atoms with Gasteiger partial charge in [-0.25, -0.2) is 9.78 Å². The lowest BCUT2D eigenvalue weighted by molar-refractivity contribution is 0.0519. The smallest absolute Gasteiger partial charge is 0.356 e. The van der Waals surface area contributed by atoms with Crippen LogP contribution in [-0.4, -0.2) is 22.5 Å². The minimum atomic E-state index is -0.364. The number of imidazole rings is 1. The van der Waals surface area contributed by atoms with E-state index in [4.69, 9.17) is 4.74 Å². The van der Waals surface area contributed by atoms with Gasteiger partial charge in [0.25, 0.3) is 0 Å². The topological polar surface area (TPSA) is 55.0 Å². The number of nitrogens with one attached hydrogen (secondary N) is 1. The summed E-state index contributed by atoms with van der Waals surface area (Å²) >= 11 is 1.56. The third kappa shape index (κ3) is 3.37. The molecule has 18 heavy (non-hydrogen) atoms. The quantitative estimate of drug-likeness (QED) is 0.665. The standard InChI is InChI=1S/C13H14N2O2S/c1-2-17-12(16)11-8-14-13(15-11)18-9-10-6-4-3-5-7-10/h3-8H,2,9H2,1H3,(H,14,15). The van der Waals surface area contributed by atoms with Gasteiger partial charge in [-0.3, -0.25) is 0 Å². The molecule has 0 saturated carbocycles. The summed E-state index contributed by atoms with van der Waals surface area (Å²) in [5.41, 5.74) is 1.61. The molecule has 5 heteroatoms. The number of H-pyrrole nitrogens is 1. The van der Waals surface area contributed by atoms with Crippen LogP contribution in [-0.2, 0) is 10.5 Å². The highest BCUT2D eigenvalue weighted by Crippen LogP contribution is 2.19. The summed E-state index contributed by atoms with van der Waals surface area (Å²) < 4.78 is 4.88. The van der Waals surface area contributed by atoms with Crippen LogP contribution in [0.1, 0.15) is 23.0 Å². The second kappa shape index (κ2) is 6.26. The van der Waals surface area contributed by atoms with Gasteiger partial charge in [-0.15, -0.1) is 0 Å². The molecule has 1 N–H and O–H groups in total. The number of benzene rings is 1. The lowest BCUT2D eigenvalue weighted by atomic mass is 10.2. The molecule has 1 aromatic carbocycles. The Balaban J connectivity index is 1.93. The van der Waals surface area contributed by atoms with Crippen LogP contribution < -0.4 is 0 Å². The van der Waals surface area contributed by atoms with Crippen molar-refractivity contribution in [2.24, 2.45) is 0 Å². The van der Waals surface area contributed by atoms with Crippen LogP contribution in [0.4, 0.5) is 0 Å². The van der Waals surface area contributed by atoms with Crippen LogP contribution in [0.5, 0.6) is 0 Å². The fourth-order valence-corrected chi connectivity index (χ4v) is 2.22. The summed E-state index contributed by atoms with van der Waals surface area (Å²) in [5.74, 6) is 0.452. The first-order valence-electron chi connectivity index (χ1n) is 5.68. The molecule has 4 nitrogen and oxygen atoms in total. The first kappa shape index (κ1) is 12.7. The van der Waals surface area contributed by atoms with E-state index in [1.165, 1.54) is 11.8 Å². The Morgan fingerprint density at radius 1 is 1.39 bits per heavy atom. The van der Waals surface area contributed by atoms with E-state index >= 15 is 0 Å². The van der Waals surface area contributed by atoms with Gasteiger partial charge in [0.05, 0.1) is 12.8 Å². The van der Waals surface area contributed by atoms with Gasteiger partial charge in [0, 0.05) is 5.75 Å². The second-order valence-electron chi connectivity index (χ2n) is 3.60. The maximum atomic E-state index is 11.4. The monoisotopic (exact) mass is 262 g/mol. The predicted octanol–water partition coefficient (Wildman–Crippen LogP) is 2.88. The van der Waals surface area contributed by atoms with Crippen molar-refractivity contribution in [2.45, 2.75) is 17.8 Å². The largest absolute Gasteiger partial charge is 0.461 e. The van der Waals surface area contributed by atoms with Crippen molar-refractivity contribution in [2.75, 3.05) is 6.61 Å². The first-order valence-corrected chi connectivity index (χ1v) is 6.67. The zero-order chi connectivity index (χ0) is 12.8. The number of rotatable bonds is 5. The van der Waals surface area contributed by atoms with E-state index in [0.717, 1.165) is 10.9 Å². The minimum Gasteiger partial charge on any atom is -0.461 e. The van der Waals surface area contributed by atoms with Crippen LogP contribution in [0, 0.1) is 0 Å². The molecular weight excluding hydrogens is 248 g/mol. The highest BCUT2D eigenvalue weighted by atomic mass is 32.2. The first-order chi connectivity index (χ1) is 8.79.